The molecule has 288 valence electrons. The molecule has 3 aliphatic heterocycles. The number of hydrogen-bond donors (Lipinski definition) is 0. The number of fused-ring (bicyclic) bond motifs is 15. The molecule has 11 aromatic rings. The minimum Gasteiger partial charge on any atom is -0.456 e. The number of aliphatic imine (C=N–C) groups is 1. The van der Waals surface area contributed by atoms with Crippen LogP contribution in [-0.4, -0.2) is 25.6 Å². The van der Waals surface area contributed by atoms with Crippen LogP contribution in [0.4, 0.5) is 0 Å². The van der Waals surface area contributed by atoms with E-state index in [1.165, 1.54) is 49.7 Å². The fourth-order valence-corrected chi connectivity index (χ4v) is 10.9. The second-order valence-electron chi connectivity index (χ2n) is 16.5. The topological polar surface area (TPSA) is 34.5 Å². The van der Waals surface area contributed by atoms with Crippen molar-refractivity contribution in [2.24, 2.45) is 4.99 Å². The molecule has 0 aliphatic carbocycles. The Balaban J connectivity index is 1.08. The average Bonchev–Trinajstić information content (AvgIpc) is 3.85. The molecule has 62 heavy (non-hydrogen) atoms. The first-order valence-corrected chi connectivity index (χ1v) is 21.2. The fraction of sp³-hybridized carbons (Fsp3) is 0.0175. The van der Waals surface area contributed by atoms with Crippen LogP contribution in [0.25, 0.3) is 60.4 Å². The number of para-hydroxylation sites is 5. The van der Waals surface area contributed by atoms with E-state index in [1.54, 1.807) is 0 Å². The van der Waals surface area contributed by atoms with E-state index in [0.717, 1.165) is 67.2 Å². The molecule has 1 atom stereocenters. The van der Waals surface area contributed by atoms with Gasteiger partial charge in [-0.15, -0.1) is 4.68 Å². The van der Waals surface area contributed by atoms with E-state index in [9.17, 15) is 0 Å². The second-order valence-corrected chi connectivity index (χ2v) is 16.5. The maximum absolute atomic E-state index is 7.33. The highest BCUT2D eigenvalue weighted by molar-refractivity contribution is 6.18. The Bertz CT molecular complexity index is 3760. The number of hydrogen-bond acceptors (Lipinski definition) is 2. The van der Waals surface area contributed by atoms with E-state index in [2.05, 4.69) is 226 Å². The third-order valence-electron chi connectivity index (χ3n) is 13.4. The summed E-state index contributed by atoms with van der Waals surface area (Å²) in [6.45, 7) is 0. The van der Waals surface area contributed by atoms with Crippen LogP contribution in [0.2, 0.25) is 0 Å². The summed E-state index contributed by atoms with van der Waals surface area (Å²) in [4.78, 5) is 5.29. The summed E-state index contributed by atoms with van der Waals surface area (Å²) in [5, 5.41) is 4.69. The lowest BCUT2D eigenvalue weighted by Gasteiger charge is -2.45. The van der Waals surface area contributed by atoms with Gasteiger partial charge in [-0.2, -0.15) is 4.68 Å². The van der Waals surface area contributed by atoms with Gasteiger partial charge in [-0.25, -0.2) is 0 Å². The molecule has 2 aromatic heterocycles. The van der Waals surface area contributed by atoms with E-state index < -0.39 is 5.41 Å². The van der Waals surface area contributed by atoms with Crippen molar-refractivity contribution >= 4 is 55.3 Å². The quantitative estimate of drug-likeness (QED) is 0.164. The third kappa shape index (κ3) is 4.26. The Kier molecular flexibility index (Phi) is 6.70. The van der Waals surface area contributed by atoms with Crippen molar-refractivity contribution in [2.45, 2.75) is 5.41 Å². The zero-order valence-corrected chi connectivity index (χ0v) is 33.4. The molecule has 0 amide bonds. The molecule has 0 saturated carbocycles. The first-order valence-electron chi connectivity index (χ1n) is 21.2. The van der Waals surface area contributed by atoms with Gasteiger partial charge in [0.2, 0.25) is 0 Å². The fourth-order valence-electron chi connectivity index (χ4n) is 10.9. The molecule has 9 aromatic carbocycles. The van der Waals surface area contributed by atoms with Crippen LogP contribution in [0.3, 0.4) is 0 Å². The van der Waals surface area contributed by atoms with Crippen molar-refractivity contribution < 1.29 is 9.42 Å². The predicted molar refractivity (Wildman–Crippen MR) is 250 cm³/mol. The standard InChI is InChI=1S/C57H35N4O/c1-3-16-36(17-4-1)37-30-32-39(33-31-37)56-58-55(38-18-5-2-6-19-38)61(56)60-48-27-12-8-21-42(48)52-50(60)35-34-46-54(52)62-51-29-14-10-24-44(51)57(46)43-23-9-13-28-49(43)59-47-26-11-7-20-40(47)41-22-15-25-45(57)53(41)59/h1-35H/q+1. The van der Waals surface area contributed by atoms with Crippen molar-refractivity contribution in [1.82, 2.24) is 9.24 Å². The van der Waals surface area contributed by atoms with Gasteiger partial charge in [-0.1, -0.05) is 163 Å². The number of ether oxygens (including phenoxy) is 1. The molecule has 1 unspecified atom stereocenters. The maximum Gasteiger partial charge on any atom is 0.296 e. The Labute approximate surface area is 357 Å². The Hall–Kier alpha value is -8.28. The summed E-state index contributed by atoms with van der Waals surface area (Å²) in [6, 6.07) is 76.5. The van der Waals surface area contributed by atoms with E-state index in [0.29, 0.717) is 0 Å². The Morgan fingerprint density at radius 3 is 1.85 bits per heavy atom. The summed E-state index contributed by atoms with van der Waals surface area (Å²) >= 11 is 0. The van der Waals surface area contributed by atoms with Crippen LogP contribution >= 0.6 is 0 Å². The van der Waals surface area contributed by atoms with Crippen molar-refractivity contribution in [3.8, 4) is 28.3 Å². The highest BCUT2D eigenvalue weighted by Crippen LogP contribution is 2.62. The van der Waals surface area contributed by atoms with Crippen molar-refractivity contribution in [3.05, 3.63) is 246 Å². The van der Waals surface area contributed by atoms with E-state index in [4.69, 9.17) is 9.73 Å². The maximum atomic E-state index is 7.33. The first kappa shape index (κ1) is 33.5. The zero-order chi connectivity index (χ0) is 40.5. The van der Waals surface area contributed by atoms with E-state index >= 15 is 0 Å². The van der Waals surface area contributed by atoms with E-state index in [1.807, 2.05) is 0 Å². The molecule has 0 fully saturated rings. The smallest absolute Gasteiger partial charge is 0.296 e. The van der Waals surface area contributed by atoms with Gasteiger partial charge in [0.25, 0.3) is 11.7 Å². The highest BCUT2D eigenvalue weighted by Gasteiger charge is 2.51. The van der Waals surface area contributed by atoms with Crippen molar-refractivity contribution in [1.29, 1.82) is 0 Å². The van der Waals surface area contributed by atoms with Gasteiger partial charge in [0.15, 0.2) is 0 Å². The van der Waals surface area contributed by atoms with Crippen LogP contribution in [-0.2, 0) is 5.41 Å². The van der Waals surface area contributed by atoms with Gasteiger partial charge >= 0.3 is 0 Å². The Morgan fingerprint density at radius 2 is 1.03 bits per heavy atom. The first-order chi connectivity index (χ1) is 30.8. The van der Waals surface area contributed by atoms with Gasteiger partial charge < -0.3 is 9.30 Å². The number of rotatable bonds is 4. The lowest BCUT2D eigenvalue weighted by molar-refractivity contribution is -0.475. The van der Waals surface area contributed by atoms with Crippen LogP contribution < -0.4 is 4.74 Å². The second kappa shape index (κ2) is 12.4. The highest BCUT2D eigenvalue weighted by atomic mass is 16.5. The molecule has 0 saturated heterocycles. The number of nitrogens with zero attached hydrogens (tertiary/aromatic N) is 4. The van der Waals surface area contributed by atoms with Gasteiger partial charge in [0, 0.05) is 27.3 Å². The molecule has 5 heterocycles. The zero-order valence-electron chi connectivity index (χ0n) is 33.4. The molecule has 1 spiro atoms. The van der Waals surface area contributed by atoms with Gasteiger partial charge in [0.1, 0.15) is 11.5 Å². The average molecular weight is 792 g/mol. The number of benzene rings is 9. The Morgan fingerprint density at radius 1 is 0.419 bits per heavy atom. The van der Waals surface area contributed by atoms with E-state index in [-0.39, 0.29) is 0 Å². The van der Waals surface area contributed by atoms with Crippen LogP contribution in [0.1, 0.15) is 33.4 Å². The van der Waals surface area contributed by atoms with Gasteiger partial charge in [0.05, 0.1) is 49.7 Å². The lowest BCUT2D eigenvalue weighted by Crippen LogP contribution is -2.41. The summed E-state index contributed by atoms with van der Waals surface area (Å²) in [5.74, 6) is 3.51. The monoisotopic (exact) mass is 791 g/mol. The molecule has 0 bridgehead atoms. The SMILES string of the molecule is c1ccc(C2=NC(c3ccc(-c4ccccc4)cc3)=[N+]2n2c3ccccc3c3c4c(ccc32)C2(c3ccccc3O4)c3ccccc3-n3c4ccccc4c4cccc2c43)cc1. The molecule has 5 heteroatoms. The predicted octanol–water partition coefficient (Wildman–Crippen LogP) is 13.0. The summed E-state index contributed by atoms with van der Waals surface area (Å²) in [5.41, 5.74) is 14.3. The molecular weight excluding hydrogens is 757 g/mol. The number of aromatic nitrogens is 2. The summed E-state index contributed by atoms with van der Waals surface area (Å²) < 4.78 is 14.5. The third-order valence-corrected chi connectivity index (χ3v) is 13.4. The molecule has 0 N–H and O–H groups in total. The number of amidine groups is 2. The minimum atomic E-state index is -0.673. The minimum absolute atomic E-state index is 0.673. The van der Waals surface area contributed by atoms with Crippen LogP contribution in [0, 0.1) is 0 Å². The lowest BCUT2D eigenvalue weighted by atomic mass is 9.61. The van der Waals surface area contributed by atoms with Gasteiger partial charge in [-0.3, -0.25) is 0 Å². The van der Waals surface area contributed by atoms with Crippen molar-refractivity contribution in [2.75, 3.05) is 0 Å². The molecular formula is C57H35N4O+. The van der Waals surface area contributed by atoms with Gasteiger partial charge in [-0.05, 0) is 76.9 Å². The summed E-state index contributed by atoms with van der Waals surface area (Å²) in [7, 11) is 0. The normalized spacial score (nSPS) is 16.0. The molecule has 14 rings (SSSR count). The largest absolute Gasteiger partial charge is 0.456 e. The summed E-state index contributed by atoms with van der Waals surface area (Å²) in [6.07, 6.45) is 0. The molecule has 3 aliphatic rings. The van der Waals surface area contributed by atoms with Crippen LogP contribution in [0.15, 0.2) is 217 Å². The van der Waals surface area contributed by atoms with Crippen LogP contribution in [0.5, 0.6) is 11.5 Å². The molecule has 0 radical (unpaired) electrons. The van der Waals surface area contributed by atoms with Crippen molar-refractivity contribution in [3.63, 3.8) is 0 Å². The molecule has 5 nitrogen and oxygen atoms in total.